The van der Waals surface area contributed by atoms with E-state index < -0.39 is 0 Å². The molecule has 0 bridgehead atoms. The molecule has 0 aliphatic rings. The molecule has 0 amide bonds. The van der Waals surface area contributed by atoms with Crippen LogP contribution in [0.2, 0.25) is 0 Å². The molecule has 0 aliphatic heterocycles. The van der Waals surface area contributed by atoms with Gasteiger partial charge in [0.25, 0.3) is 0 Å². The number of ether oxygens (including phenoxy) is 1. The second-order valence-electron chi connectivity index (χ2n) is 4.26. The molecule has 0 aromatic heterocycles. The molecule has 0 heterocycles. The van der Waals surface area contributed by atoms with Gasteiger partial charge in [-0.1, -0.05) is 18.2 Å². The van der Waals surface area contributed by atoms with E-state index in [0.29, 0.717) is 18.0 Å². The highest BCUT2D eigenvalue weighted by Crippen LogP contribution is 2.26. The number of rotatable bonds is 5. The van der Waals surface area contributed by atoms with Crippen LogP contribution < -0.4 is 11.1 Å². The fourth-order valence-electron chi connectivity index (χ4n) is 1.85. The first-order valence-electron chi connectivity index (χ1n) is 6.09. The van der Waals surface area contributed by atoms with Crippen LogP contribution in [0.25, 0.3) is 0 Å². The highest BCUT2D eigenvalue weighted by Gasteiger charge is 2.05. The zero-order valence-electron chi connectivity index (χ0n) is 10.8. The van der Waals surface area contributed by atoms with Gasteiger partial charge >= 0.3 is 0 Å². The van der Waals surface area contributed by atoms with Crippen LogP contribution >= 0.6 is 0 Å². The Balaban J connectivity index is 2.25. The molecule has 100 valence electrons. The van der Waals surface area contributed by atoms with E-state index in [4.69, 9.17) is 10.5 Å². The van der Waals surface area contributed by atoms with Gasteiger partial charge < -0.3 is 15.8 Å². The maximum absolute atomic E-state index is 13.2. The summed E-state index contributed by atoms with van der Waals surface area (Å²) in [4.78, 5) is 0. The first kappa shape index (κ1) is 13.4. The molecule has 0 saturated heterocycles. The van der Waals surface area contributed by atoms with Crippen LogP contribution in [0.3, 0.4) is 0 Å². The van der Waals surface area contributed by atoms with Crippen molar-refractivity contribution in [3.05, 3.63) is 53.8 Å². The van der Waals surface area contributed by atoms with Crippen LogP contribution in [0.5, 0.6) is 0 Å². The maximum atomic E-state index is 13.2. The normalized spacial score (nSPS) is 10.4. The predicted octanol–water partition coefficient (Wildman–Crippen LogP) is 3.34. The third kappa shape index (κ3) is 3.45. The van der Waals surface area contributed by atoms with Gasteiger partial charge in [0.1, 0.15) is 5.82 Å². The summed E-state index contributed by atoms with van der Waals surface area (Å²) < 4.78 is 18.3. The Morgan fingerprint density at radius 2 is 1.95 bits per heavy atom. The first-order valence-corrected chi connectivity index (χ1v) is 6.09. The molecule has 0 saturated carbocycles. The summed E-state index contributed by atoms with van der Waals surface area (Å²) >= 11 is 0. The number of hydrogen-bond donors (Lipinski definition) is 2. The van der Waals surface area contributed by atoms with Gasteiger partial charge in [-0.25, -0.2) is 4.39 Å². The van der Waals surface area contributed by atoms with Crippen LogP contribution in [0.1, 0.15) is 5.56 Å². The molecule has 4 heteroatoms. The average molecular weight is 260 g/mol. The number of benzene rings is 2. The van der Waals surface area contributed by atoms with Gasteiger partial charge in [0.05, 0.1) is 18.0 Å². The second kappa shape index (κ2) is 6.20. The van der Waals surface area contributed by atoms with Crippen molar-refractivity contribution in [2.24, 2.45) is 0 Å². The fourth-order valence-corrected chi connectivity index (χ4v) is 1.85. The van der Waals surface area contributed by atoms with Gasteiger partial charge in [-0.3, -0.25) is 0 Å². The monoisotopic (exact) mass is 260 g/mol. The Bertz CT molecular complexity index is 558. The second-order valence-corrected chi connectivity index (χ2v) is 4.26. The third-order valence-electron chi connectivity index (χ3n) is 2.88. The Kier molecular flexibility index (Phi) is 4.36. The highest BCUT2D eigenvalue weighted by atomic mass is 19.1. The summed E-state index contributed by atoms with van der Waals surface area (Å²) in [5, 5.41) is 3.17. The van der Waals surface area contributed by atoms with Gasteiger partial charge in [-0.15, -0.1) is 0 Å². The molecule has 0 atom stereocenters. The average Bonchev–Trinajstić information content (AvgIpc) is 2.42. The van der Waals surface area contributed by atoms with E-state index in [9.17, 15) is 4.39 Å². The summed E-state index contributed by atoms with van der Waals surface area (Å²) in [5.41, 5.74) is 8.94. The lowest BCUT2D eigenvalue weighted by molar-refractivity contribution is 0.202. The third-order valence-corrected chi connectivity index (χ3v) is 2.88. The van der Waals surface area contributed by atoms with E-state index in [0.717, 1.165) is 17.7 Å². The summed E-state index contributed by atoms with van der Waals surface area (Å²) in [6, 6.07) is 12.1. The molecule has 3 N–H and O–H groups in total. The minimum Gasteiger partial charge on any atom is -0.397 e. The number of para-hydroxylation sites is 1. The zero-order chi connectivity index (χ0) is 13.7. The number of halogens is 1. The fraction of sp³-hybridized carbons (Fsp3) is 0.200. The Morgan fingerprint density at radius 3 is 2.74 bits per heavy atom. The smallest absolute Gasteiger partial charge is 0.125 e. The molecule has 3 nitrogen and oxygen atoms in total. The summed E-state index contributed by atoms with van der Waals surface area (Å²) in [7, 11) is 1.67. The molecular weight excluding hydrogens is 243 g/mol. The quantitative estimate of drug-likeness (QED) is 0.810. The van der Waals surface area contributed by atoms with E-state index in [1.165, 1.54) is 12.1 Å². The Labute approximate surface area is 112 Å². The van der Waals surface area contributed by atoms with Crippen LogP contribution in [0.15, 0.2) is 42.5 Å². The van der Waals surface area contributed by atoms with E-state index in [1.54, 1.807) is 13.2 Å². The number of anilines is 3. The van der Waals surface area contributed by atoms with Crippen molar-refractivity contribution in [3.63, 3.8) is 0 Å². The van der Waals surface area contributed by atoms with Crippen molar-refractivity contribution in [1.29, 1.82) is 0 Å². The minimum absolute atomic E-state index is 0.314. The van der Waals surface area contributed by atoms with Gasteiger partial charge in [-0.2, -0.15) is 0 Å². The van der Waals surface area contributed by atoms with E-state index in [1.807, 2.05) is 24.3 Å². The number of nitrogens with one attached hydrogen (secondary N) is 1. The first-order chi connectivity index (χ1) is 9.20. The molecule has 0 spiro atoms. The number of nitrogen functional groups attached to an aromatic ring is 1. The lowest BCUT2D eigenvalue weighted by Crippen LogP contribution is -2.02. The molecule has 2 aromatic carbocycles. The maximum Gasteiger partial charge on any atom is 0.125 e. The van der Waals surface area contributed by atoms with E-state index in [-0.39, 0.29) is 5.82 Å². The van der Waals surface area contributed by atoms with Gasteiger partial charge in [-0.05, 0) is 36.2 Å². The molecule has 0 unspecified atom stereocenters. The van der Waals surface area contributed by atoms with Gasteiger partial charge in [0, 0.05) is 12.8 Å². The number of methoxy groups -OCH3 is 1. The molecule has 2 rings (SSSR count). The van der Waals surface area contributed by atoms with Crippen LogP contribution in [0, 0.1) is 5.82 Å². The van der Waals surface area contributed by atoms with E-state index >= 15 is 0 Å². The van der Waals surface area contributed by atoms with Crippen molar-refractivity contribution < 1.29 is 9.13 Å². The lowest BCUT2D eigenvalue weighted by Gasteiger charge is -2.13. The van der Waals surface area contributed by atoms with Crippen molar-refractivity contribution in [1.82, 2.24) is 0 Å². The molecule has 19 heavy (non-hydrogen) atoms. The van der Waals surface area contributed by atoms with Crippen molar-refractivity contribution in [2.75, 3.05) is 24.8 Å². The predicted molar refractivity (Wildman–Crippen MR) is 76.1 cm³/mol. The summed E-state index contributed by atoms with van der Waals surface area (Å²) in [6.45, 7) is 0.636. The number of nitrogens with two attached hydrogens (primary N) is 1. The van der Waals surface area contributed by atoms with Crippen LogP contribution in [-0.2, 0) is 11.2 Å². The Morgan fingerprint density at radius 1 is 1.16 bits per heavy atom. The molecule has 2 aromatic rings. The topological polar surface area (TPSA) is 47.3 Å². The number of hydrogen-bond acceptors (Lipinski definition) is 3. The zero-order valence-corrected chi connectivity index (χ0v) is 10.8. The molecule has 0 fully saturated rings. The molecular formula is C15H17FN2O. The van der Waals surface area contributed by atoms with Crippen molar-refractivity contribution >= 4 is 17.1 Å². The Hall–Kier alpha value is -2.07. The van der Waals surface area contributed by atoms with Crippen molar-refractivity contribution in [3.8, 4) is 0 Å². The van der Waals surface area contributed by atoms with Gasteiger partial charge in [0.15, 0.2) is 0 Å². The summed E-state index contributed by atoms with van der Waals surface area (Å²) in [5.74, 6) is -0.314. The highest BCUT2D eigenvalue weighted by molar-refractivity contribution is 5.73. The van der Waals surface area contributed by atoms with Gasteiger partial charge in [0.2, 0.25) is 0 Å². The standard InChI is InChI=1S/C15H17FN2O/c1-19-9-8-11-4-2-3-5-14(11)18-15-10-12(16)6-7-13(15)17/h2-7,10,18H,8-9,17H2,1H3. The van der Waals surface area contributed by atoms with Crippen LogP contribution in [-0.4, -0.2) is 13.7 Å². The van der Waals surface area contributed by atoms with E-state index in [2.05, 4.69) is 5.32 Å². The van der Waals surface area contributed by atoms with Crippen LogP contribution in [0.4, 0.5) is 21.5 Å². The molecule has 0 aliphatic carbocycles. The molecule has 0 radical (unpaired) electrons. The van der Waals surface area contributed by atoms with Crippen molar-refractivity contribution in [2.45, 2.75) is 6.42 Å². The SMILES string of the molecule is COCCc1ccccc1Nc1cc(F)ccc1N. The summed E-state index contributed by atoms with van der Waals surface area (Å²) in [6.07, 6.45) is 0.787. The lowest BCUT2D eigenvalue weighted by atomic mass is 10.1. The largest absolute Gasteiger partial charge is 0.397 e. The minimum atomic E-state index is -0.314.